The molecule has 55 heavy (non-hydrogen) atoms. The zero-order chi connectivity index (χ0) is 40.9. The van der Waals surface area contributed by atoms with Gasteiger partial charge in [0.15, 0.2) is 0 Å². The van der Waals surface area contributed by atoms with Crippen LogP contribution in [0.2, 0.25) is 0 Å². The van der Waals surface area contributed by atoms with E-state index in [4.69, 9.17) is 9.47 Å². The number of benzene rings is 2. The average Bonchev–Trinajstić information content (AvgIpc) is 3.09. The monoisotopic (exact) mass is 794 g/mol. The summed E-state index contributed by atoms with van der Waals surface area (Å²) in [5.74, 6) is -4.99. The standard InChI is InChI=1S/2C20H30N2O5.Ca/c2*1-20(2,3)10-11-21-15(13-17(23)24)18(25)22-16(19(26)27-4)12-14-8-6-5-7-9-14;/h2*5-9,15-16,21H,10-13H2,1-4H3,(H,22,25)(H,23,24);/q;;+2/p-2/t2*15-,16-;/m00./s1. The van der Waals surface area contributed by atoms with Crippen molar-refractivity contribution in [2.24, 2.45) is 10.8 Å². The molecule has 0 aliphatic rings. The van der Waals surface area contributed by atoms with Gasteiger partial charge in [-0.15, -0.1) is 0 Å². The third kappa shape index (κ3) is 23.9. The zero-order valence-corrected chi connectivity index (χ0v) is 35.7. The summed E-state index contributed by atoms with van der Waals surface area (Å²) in [6.07, 6.45) is 1.06. The van der Waals surface area contributed by atoms with Gasteiger partial charge in [0, 0.05) is 37.6 Å². The first-order chi connectivity index (χ1) is 25.2. The minimum Gasteiger partial charge on any atom is -0.550 e. The van der Waals surface area contributed by atoms with Crippen LogP contribution in [0.15, 0.2) is 60.7 Å². The van der Waals surface area contributed by atoms with Gasteiger partial charge in [-0.2, -0.15) is 0 Å². The van der Waals surface area contributed by atoms with Crippen molar-refractivity contribution in [3.05, 3.63) is 71.8 Å². The molecular weight excluding hydrogens is 737 g/mol. The molecule has 0 aliphatic heterocycles. The Bertz CT molecular complexity index is 1370. The Hall–Kier alpha value is -3.56. The molecule has 4 atom stereocenters. The smallest absolute Gasteiger partial charge is 0.550 e. The van der Waals surface area contributed by atoms with Crippen LogP contribution in [0.4, 0.5) is 0 Å². The van der Waals surface area contributed by atoms with Crippen molar-refractivity contribution in [1.82, 2.24) is 21.3 Å². The number of carboxylic acids is 2. The second kappa shape index (κ2) is 26.3. The Balaban J connectivity index is 0.00000104. The van der Waals surface area contributed by atoms with Gasteiger partial charge in [-0.3, -0.25) is 9.59 Å². The van der Waals surface area contributed by atoms with Crippen molar-refractivity contribution in [2.45, 2.75) is 104 Å². The summed E-state index contributed by atoms with van der Waals surface area (Å²) in [6.45, 7) is 13.2. The summed E-state index contributed by atoms with van der Waals surface area (Å²) in [7, 11) is 2.49. The number of carbonyl (C=O) groups is 6. The van der Waals surface area contributed by atoms with E-state index in [-0.39, 0.29) is 61.4 Å². The fourth-order valence-electron chi connectivity index (χ4n) is 5.01. The molecule has 0 fully saturated rings. The van der Waals surface area contributed by atoms with E-state index in [9.17, 15) is 39.0 Å². The molecule has 300 valence electrons. The molecule has 0 spiro atoms. The third-order valence-electron chi connectivity index (χ3n) is 8.08. The Morgan fingerprint density at radius 2 is 0.873 bits per heavy atom. The molecule has 0 heterocycles. The molecular formula is C40H58CaN4O10. The molecule has 2 amide bonds. The Kier molecular flexibility index (Phi) is 24.6. The van der Waals surface area contributed by atoms with Gasteiger partial charge in [0.1, 0.15) is 12.1 Å². The summed E-state index contributed by atoms with van der Waals surface area (Å²) in [6, 6.07) is 14.6. The maximum atomic E-state index is 12.6. The van der Waals surface area contributed by atoms with Gasteiger partial charge in [-0.1, -0.05) is 102 Å². The van der Waals surface area contributed by atoms with Crippen molar-refractivity contribution in [2.75, 3.05) is 27.3 Å². The predicted molar refractivity (Wildman–Crippen MR) is 205 cm³/mol. The zero-order valence-electron chi connectivity index (χ0n) is 33.5. The van der Waals surface area contributed by atoms with E-state index in [0.717, 1.165) is 24.0 Å². The van der Waals surface area contributed by atoms with Crippen LogP contribution in [0.1, 0.15) is 78.4 Å². The van der Waals surface area contributed by atoms with Gasteiger partial charge in [-0.05, 0) is 47.9 Å². The number of rotatable bonds is 20. The molecule has 0 saturated carbocycles. The van der Waals surface area contributed by atoms with Gasteiger partial charge in [0.2, 0.25) is 11.8 Å². The van der Waals surface area contributed by atoms with E-state index in [2.05, 4.69) is 62.8 Å². The number of esters is 2. The van der Waals surface area contributed by atoms with Crippen LogP contribution in [0, 0.1) is 10.8 Å². The minimum absolute atomic E-state index is 0. The molecule has 0 bridgehead atoms. The molecule has 0 aliphatic carbocycles. The van der Waals surface area contributed by atoms with E-state index in [0.29, 0.717) is 13.1 Å². The summed E-state index contributed by atoms with van der Waals surface area (Å²) in [4.78, 5) is 71.3. The van der Waals surface area contributed by atoms with Crippen LogP contribution in [0.25, 0.3) is 0 Å². The summed E-state index contributed by atoms with van der Waals surface area (Å²) in [5.41, 5.74) is 1.78. The van der Waals surface area contributed by atoms with Gasteiger partial charge in [0.05, 0.1) is 26.3 Å². The molecule has 4 N–H and O–H groups in total. The van der Waals surface area contributed by atoms with Crippen molar-refractivity contribution >= 4 is 73.4 Å². The number of carbonyl (C=O) groups excluding carboxylic acids is 6. The maximum absolute atomic E-state index is 12.6. The van der Waals surface area contributed by atoms with E-state index < -0.39 is 72.7 Å². The number of hydrogen-bond acceptors (Lipinski definition) is 12. The Morgan fingerprint density at radius 1 is 0.564 bits per heavy atom. The molecule has 14 nitrogen and oxygen atoms in total. The molecule has 2 rings (SSSR count). The summed E-state index contributed by atoms with van der Waals surface area (Å²) >= 11 is 0. The number of methoxy groups -OCH3 is 2. The van der Waals surface area contributed by atoms with Gasteiger partial charge in [0.25, 0.3) is 0 Å². The second-order valence-electron chi connectivity index (χ2n) is 15.3. The molecule has 0 aromatic heterocycles. The number of carboxylic acid groups (broad SMARTS) is 2. The normalized spacial score (nSPS) is 13.2. The molecule has 2 aromatic rings. The van der Waals surface area contributed by atoms with E-state index in [1.54, 1.807) is 0 Å². The van der Waals surface area contributed by atoms with Crippen LogP contribution in [0.3, 0.4) is 0 Å². The van der Waals surface area contributed by atoms with Crippen LogP contribution in [0.5, 0.6) is 0 Å². The fourth-order valence-corrected chi connectivity index (χ4v) is 5.01. The largest absolute Gasteiger partial charge is 2.00 e. The van der Waals surface area contributed by atoms with Crippen molar-refractivity contribution < 1.29 is 48.5 Å². The average molecular weight is 795 g/mol. The number of hydrogen-bond donors (Lipinski definition) is 4. The van der Waals surface area contributed by atoms with E-state index in [1.807, 2.05) is 60.7 Å². The van der Waals surface area contributed by atoms with Crippen molar-refractivity contribution in [1.29, 1.82) is 0 Å². The topological polar surface area (TPSA) is 215 Å². The minimum atomic E-state index is -1.34. The molecule has 0 unspecified atom stereocenters. The first-order valence-corrected chi connectivity index (χ1v) is 17.9. The number of amides is 2. The third-order valence-corrected chi connectivity index (χ3v) is 8.08. The quantitative estimate of drug-likeness (QED) is 0.106. The number of ether oxygens (including phenoxy) is 2. The first kappa shape index (κ1) is 51.4. The SMILES string of the molecule is COC(=O)[C@H](Cc1ccccc1)NC(=O)[C@H](CC(=O)[O-])NCCC(C)(C)C.COC(=O)[C@H](Cc1ccccc1)NC(=O)[C@H](CC(=O)[O-])NCCC(C)(C)C.[Ca+2]. The maximum Gasteiger partial charge on any atom is 2.00 e. The van der Waals surface area contributed by atoms with Gasteiger partial charge >= 0.3 is 49.7 Å². The Morgan fingerprint density at radius 3 is 1.13 bits per heavy atom. The number of aliphatic carboxylic acids is 2. The van der Waals surface area contributed by atoms with Crippen LogP contribution in [-0.2, 0) is 51.1 Å². The van der Waals surface area contributed by atoms with Gasteiger partial charge < -0.3 is 50.5 Å². The molecule has 15 heteroatoms. The van der Waals surface area contributed by atoms with E-state index >= 15 is 0 Å². The van der Waals surface area contributed by atoms with Crippen LogP contribution >= 0.6 is 0 Å². The molecule has 2 aromatic carbocycles. The summed E-state index contributed by atoms with van der Waals surface area (Å²) in [5, 5.41) is 33.1. The van der Waals surface area contributed by atoms with Crippen molar-refractivity contribution in [3.63, 3.8) is 0 Å². The van der Waals surface area contributed by atoms with Crippen molar-refractivity contribution in [3.8, 4) is 0 Å². The second-order valence-corrected chi connectivity index (χ2v) is 15.3. The molecule has 0 saturated heterocycles. The van der Waals surface area contributed by atoms with Gasteiger partial charge in [-0.25, -0.2) is 9.59 Å². The number of nitrogens with one attached hydrogen (secondary N) is 4. The first-order valence-electron chi connectivity index (χ1n) is 17.9. The summed E-state index contributed by atoms with van der Waals surface area (Å²) < 4.78 is 9.54. The van der Waals surface area contributed by atoms with E-state index in [1.165, 1.54) is 14.2 Å². The predicted octanol–water partition coefficient (Wildman–Crippen LogP) is 0.462. The molecule has 0 radical (unpaired) electrons. The fraction of sp³-hybridized carbons (Fsp3) is 0.550. The van der Waals surface area contributed by atoms with Crippen LogP contribution in [-0.4, -0.2) is 125 Å². The van der Waals surface area contributed by atoms with Crippen LogP contribution < -0.4 is 31.5 Å². The Labute approximate surface area is 355 Å².